The predicted octanol–water partition coefficient (Wildman–Crippen LogP) is 5.10. The molecule has 0 saturated heterocycles. The lowest BCUT2D eigenvalue weighted by atomic mass is 9.77. The van der Waals surface area contributed by atoms with E-state index in [4.69, 9.17) is 16.3 Å². The Hall–Kier alpha value is -0.780. The van der Waals surface area contributed by atoms with Crippen molar-refractivity contribution in [3.8, 4) is 0 Å². The number of rotatable bonds is 0. The highest BCUT2D eigenvalue weighted by molar-refractivity contribution is 9.10. The smallest absolute Gasteiger partial charge is 0.415 e. The van der Waals surface area contributed by atoms with Crippen LogP contribution in [0.1, 0.15) is 53.0 Å². The summed E-state index contributed by atoms with van der Waals surface area (Å²) in [5.74, 6) is -0.132. The molecule has 1 aromatic carbocycles. The van der Waals surface area contributed by atoms with E-state index in [2.05, 4.69) is 15.9 Å². The number of carbonyl (C=O) groups is 1. The van der Waals surface area contributed by atoms with Crippen LogP contribution in [0.5, 0.6) is 0 Å². The van der Waals surface area contributed by atoms with Crippen LogP contribution in [0.15, 0.2) is 16.6 Å². The predicted molar refractivity (Wildman–Crippen MR) is 96.4 cm³/mol. The molecule has 0 saturated carbocycles. The standard InChI is InChI=1S/C17H23BrClNO3/c1-9-10-7-11(18)12(19)8-13(10)20(17(5,6)14(9)21)15(22)23-16(2,3)4/h7-9,14,21H,1-6H3. The van der Waals surface area contributed by atoms with Gasteiger partial charge in [-0.05, 0) is 68.2 Å². The van der Waals surface area contributed by atoms with Crippen molar-refractivity contribution >= 4 is 39.3 Å². The number of fused-ring (bicyclic) bond motifs is 1. The summed E-state index contributed by atoms with van der Waals surface area (Å²) in [4.78, 5) is 14.3. The topological polar surface area (TPSA) is 49.8 Å². The molecule has 0 aliphatic carbocycles. The van der Waals surface area contributed by atoms with Crippen molar-refractivity contribution in [1.29, 1.82) is 0 Å². The van der Waals surface area contributed by atoms with Crippen molar-refractivity contribution in [3.63, 3.8) is 0 Å². The van der Waals surface area contributed by atoms with Crippen molar-refractivity contribution in [3.05, 3.63) is 27.2 Å². The number of nitrogens with zero attached hydrogens (tertiary/aromatic N) is 1. The largest absolute Gasteiger partial charge is 0.443 e. The summed E-state index contributed by atoms with van der Waals surface area (Å²) in [6.07, 6.45) is -1.22. The van der Waals surface area contributed by atoms with E-state index >= 15 is 0 Å². The monoisotopic (exact) mass is 403 g/mol. The van der Waals surface area contributed by atoms with Crippen LogP contribution < -0.4 is 4.90 Å². The number of amides is 1. The summed E-state index contributed by atoms with van der Waals surface area (Å²) in [5.41, 5.74) is 0.0982. The Balaban J connectivity index is 2.62. The quantitative estimate of drug-likeness (QED) is 0.654. The van der Waals surface area contributed by atoms with Gasteiger partial charge in [0.15, 0.2) is 0 Å². The molecular formula is C17H23BrClNO3. The molecule has 1 N–H and O–H groups in total. The first kappa shape index (κ1) is 18.6. The third-order valence-corrected chi connectivity index (χ3v) is 5.35. The molecule has 0 fully saturated rings. The normalized spacial score (nSPS) is 23.4. The first-order valence-corrected chi connectivity index (χ1v) is 8.73. The first-order chi connectivity index (χ1) is 10.4. The van der Waals surface area contributed by atoms with Gasteiger partial charge in [0.05, 0.1) is 22.4 Å². The molecular weight excluding hydrogens is 382 g/mol. The Morgan fingerprint density at radius 1 is 1.39 bits per heavy atom. The number of ether oxygens (including phenoxy) is 1. The summed E-state index contributed by atoms with van der Waals surface area (Å²) in [5, 5.41) is 11.2. The number of aliphatic hydroxyl groups is 1. The lowest BCUT2D eigenvalue weighted by Crippen LogP contribution is -2.60. The maximum absolute atomic E-state index is 12.8. The van der Waals surface area contributed by atoms with Crippen molar-refractivity contribution in [2.45, 2.75) is 64.7 Å². The van der Waals surface area contributed by atoms with Crippen LogP contribution >= 0.6 is 27.5 Å². The molecule has 1 amide bonds. The molecule has 0 radical (unpaired) electrons. The first-order valence-electron chi connectivity index (χ1n) is 7.56. The van der Waals surface area contributed by atoms with Gasteiger partial charge < -0.3 is 9.84 Å². The van der Waals surface area contributed by atoms with Crippen LogP contribution in [-0.4, -0.2) is 28.4 Å². The van der Waals surface area contributed by atoms with Gasteiger partial charge in [-0.1, -0.05) is 18.5 Å². The molecule has 2 unspecified atom stereocenters. The second-order valence-electron chi connectivity index (χ2n) is 7.53. The molecule has 0 spiro atoms. The highest BCUT2D eigenvalue weighted by Crippen LogP contribution is 2.46. The second-order valence-corrected chi connectivity index (χ2v) is 8.79. The summed E-state index contributed by atoms with van der Waals surface area (Å²) in [6, 6.07) is 3.60. The molecule has 4 nitrogen and oxygen atoms in total. The summed E-state index contributed by atoms with van der Waals surface area (Å²) in [6.45, 7) is 11.1. The van der Waals surface area contributed by atoms with Gasteiger partial charge >= 0.3 is 6.09 Å². The third-order valence-electron chi connectivity index (χ3n) is 4.15. The minimum Gasteiger partial charge on any atom is -0.443 e. The molecule has 0 aromatic heterocycles. The van der Waals surface area contributed by atoms with E-state index in [9.17, 15) is 9.90 Å². The summed E-state index contributed by atoms with van der Waals surface area (Å²) < 4.78 is 6.28. The SMILES string of the molecule is CC1c2cc(Br)c(Cl)cc2N(C(=O)OC(C)(C)C)C(C)(C)C1O. The van der Waals surface area contributed by atoms with E-state index in [1.165, 1.54) is 4.90 Å². The highest BCUT2D eigenvalue weighted by atomic mass is 79.9. The van der Waals surface area contributed by atoms with Gasteiger partial charge in [0.2, 0.25) is 0 Å². The number of halogens is 2. The lowest BCUT2D eigenvalue weighted by molar-refractivity contribution is 0.0338. The lowest BCUT2D eigenvalue weighted by Gasteiger charge is -2.49. The van der Waals surface area contributed by atoms with Gasteiger partial charge in [-0.15, -0.1) is 0 Å². The zero-order valence-corrected chi connectivity index (χ0v) is 16.6. The minimum absolute atomic E-state index is 0.132. The van der Waals surface area contributed by atoms with Gasteiger partial charge in [-0.25, -0.2) is 4.79 Å². The number of hydrogen-bond donors (Lipinski definition) is 1. The Morgan fingerprint density at radius 2 is 1.96 bits per heavy atom. The molecule has 1 aromatic rings. The van der Waals surface area contributed by atoms with E-state index in [0.717, 1.165) is 10.0 Å². The molecule has 1 aliphatic heterocycles. The van der Waals surface area contributed by atoms with Crippen LogP contribution in [0, 0.1) is 0 Å². The Kier molecular flexibility index (Phi) is 4.79. The van der Waals surface area contributed by atoms with Crippen molar-refractivity contribution in [2.75, 3.05) is 4.90 Å². The number of benzene rings is 1. The van der Waals surface area contributed by atoms with Crippen LogP contribution in [0.2, 0.25) is 5.02 Å². The average Bonchev–Trinajstić information content (AvgIpc) is 2.37. The number of aliphatic hydroxyl groups excluding tert-OH is 1. The molecule has 1 aliphatic rings. The maximum atomic E-state index is 12.8. The zero-order valence-electron chi connectivity index (χ0n) is 14.3. The second kappa shape index (κ2) is 5.94. The molecule has 2 atom stereocenters. The molecule has 6 heteroatoms. The van der Waals surface area contributed by atoms with Crippen molar-refractivity contribution in [1.82, 2.24) is 0 Å². The van der Waals surface area contributed by atoms with Gasteiger partial charge in [-0.2, -0.15) is 0 Å². The van der Waals surface area contributed by atoms with E-state index in [0.29, 0.717) is 10.7 Å². The highest BCUT2D eigenvalue weighted by Gasteiger charge is 2.48. The van der Waals surface area contributed by atoms with E-state index in [1.54, 1.807) is 6.07 Å². The van der Waals surface area contributed by atoms with E-state index < -0.39 is 23.3 Å². The fourth-order valence-electron chi connectivity index (χ4n) is 2.98. The Morgan fingerprint density at radius 3 is 2.48 bits per heavy atom. The van der Waals surface area contributed by atoms with Gasteiger partial charge in [0.1, 0.15) is 5.60 Å². The molecule has 23 heavy (non-hydrogen) atoms. The third kappa shape index (κ3) is 3.37. The summed E-state index contributed by atoms with van der Waals surface area (Å²) >= 11 is 9.65. The van der Waals surface area contributed by atoms with Gasteiger partial charge in [-0.3, -0.25) is 4.90 Å². The fraction of sp³-hybridized carbons (Fsp3) is 0.588. The van der Waals surface area contributed by atoms with E-state index in [1.807, 2.05) is 47.6 Å². The molecule has 2 rings (SSSR count). The van der Waals surface area contributed by atoms with Crippen molar-refractivity contribution in [2.24, 2.45) is 0 Å². The summed E-state index contributed by atoms with van der Waals surface area (Å²) in [7, 11) is 0. The number of carbonyl (C=O) groups excluding carboxylic acids is 1. The molecule has 128 valence electrons. The molecule has 1 heterocycles. The fourth-order valence-corrected chi connectivity index (χ4v) is 3.49. The minimum atomic E-state index is -0.814. The number of hydrogen-bond acceptors (Lipinski definition) is 3. The maximum Gasteiger partial charge on any atom is 0.415 e. The number of anilines is 1. The van der Waals surface area contributed by atoms with Gasteiger partial charge in [0, 0.05) is 10.4 Å². The Bertz CT molecular complexity index is 639. The van der Waals surface area contributed by atoms with E-state index in [-0.39, 0.29) is 5.92 Å². The average molecular weight is 405 g/mol. The van der Waals surface area contributed by atoms with Crippen molar-refractivity contribution < 1.29 is 14.6 Å². The van der Waals surface area contributed by atoms with Crippen LogP contribution in [-0.2, 0) is 4.74 Å². The Labute approximate surface area is 150 Å². The molecule has 0 bridgehead atoms. The van der Waals surface area contributed by atoms with Crippen LogP contribution in [0.4, 0.5) is 10.5 Å². The van der Waals surface area contributed by atoms with Crippen LogP contribution in [0.3, 0.4) is 0 Å². The van der Waals surface area contributed by atoms with Gasteiger partial charge in [0.25, 0.3) is 0 Å². The van der Waals surface area contributed by atoms with Crippen LogP contribution in [0.25, 0.3) is 0 Å². The zero-order chi connectivity index (χ0) is 17.7.